The minimum absolute atomic E-state index is 0.518. The maximum absolute atomic E-state index is 3.73. The van der Waals surface area contributed by atoms with Gasteiger partial charge >= 0.3 is 0 Å². The monoisotopic (exact) mass is 231 g/mol. The number of hydrogen-bond acceptors (Lipinski definition) is 1. The molecule has 0 amide bonds. The lowest BCUT2D eigenvalue weighted by molar-refractivity contribution is 0.362. The van der Waals surface area contributed by atoms with Crippen LogP contribution in [0.2, 0.25) is 0 Å². The second-order valence-corrected chi connectivity index (χ2v) is 6.53. The van der Waals surface area contributed by atoms with Gasteiger partial charge in [-0.15, -0.1) is 0 Å². The van der Waals surface area contributed by atoms with Crippen LogP contribution in [0.1, 0.15) is 44.7 Å². The lowest BCUT2D eigenvalue weighted by atomic mass is 9.91. The van der Waals surface area contributed by atoms with Gasteiger partial charge in [-0.2, -0.15) is 0 Å². The fraction of sp³-hybridized carbons (Fsp3) is 0.625. The summed E-state index contributed by atoms with van der Waals surface area (Å²) in [6.45, 7) is 10.3. The smallest absolute Gasteiger partial charge is 0.0208 e. The van der Waals surface area contributed by atoms with E-state index in [1.165, 1.54) is 24.0 Å². The molecule has 1 heteroatoms. The molecule has 2 unspecified atom stereocenters. The number of benzene rings is 1. The van der Waals surface area contributed by atoms with Crippen molar-refractivity contribution in [2.75, 3.05) is 0 Å². The Morgan fingerprint density at radius 2 is 2.06 bits per heavy atom. The highest BCUT2D eigenvalue weighted by Gasteiger charge is 2.36. The summed E-state index contributed by atoms with van der Waals surface area (Å²) in [6, 6.07) is 9.48. The van der Waals surface area contributed by atoms with Gasteiger partial charge in [0.05, 0.1) is 0 Å². The van der Waals surface area contributed by atoms with Gasteiger partial charge in [-0.25, -0.2) is 0 Å². The van der Waals surface area contributed by atoms with Crippen LogP contribution < -0.4 is 5.32 Å². The van der Waals surface area contributed by atoms with E-state index in [4.69, 9.17) is 0 Å². The highest BCUT2D eigenvalue weighted by molar-refractivity contribution is 5.22. The van der Waals surface area contributed by atoms with Crippen molar-refractivity contribution in [1.29, 1.82) is 0 Å². The molecule has 2 atom stereocenters. The summed E-state index contributed by atoms with van der Waals surface area (Å²) in [7, 11) is 0. The van der Waals surface area contributed by atoms with Crippen molar-refractivity contribution in [3.63, 3.8) is 0 Å². The molecular weight excluding hydrogens is 206 g/mol. The third kappa shape index (κ3) is 3.32. The van der Waals surface area contributed by atoms with Gasteiger partial charge in [0.15, 0.2) is 0 Å². The summed E-state index contributed by atoms with van der Waals surface area (Å²) in [6.07, 6.45) is 2.65. The molecule has 1 aromatic rings. The van der Waals surface area contributed by atoms with E-state index in [9.17, 15) is 0 Å². The van der Waals surface area contributed by atoms with Crippen LogP contribution in [0.3, 0.4) is 0 Å². The maximum atomic E-state index is 3.73. The highest BCUT2D eigenvalue weighted by atomic mass is 14.9. The Morgan fingerprint density at radius 3 is 2.65 bits per heavy atom. The van der Waals surface area contributed by atoms with Crippen LogP contribution in [-0.4, -0.2) is 6.04 Å². The Morgan fingerprint density at radius 1 is 1.29 bits per heavy atom. The maximum Gasteiger partial charge on any atom is 0.0208 e. The predicted molar refractivity (Wildman–Crippen MR) is 74.0 cm³/mol. The largest absolute Gasteiger partial charge is 0.310 e. The van der Waals surface area contributed by atoms with E-state index in [0.717, 1.165) is 12.5 Å². The van der Waals surface area contributed by atoms with Gasteiger partial charge in [-0.3, -0.25) is 0 Å². The Labute approximate surface area is 106 Å². The average Bonchev–Trinajstić information content (AvgIpc) is 2.49. The van der Waals surface area contributed by atoms with Crippen molar-refractivity contribution in [3.8, 4) is 0 Å². The average molecular weight is 231 g/mol. The molecule has 0 heterocycles. The van der Waals surface area contributed by atoms with Crippen molar-refractivity contribution in [2.24, 2.45) is 11.3 Å². The SMILES string of the molecule is Cc1cccc(CNC2CC(C)(C)CC2C)c1. The molecule has 0 aromatic heterocycles. The van der Waals surface area contributed by atoms with Crippen LogP contribution in [-0.2, 0) is 6.54 Å². The third-order valence-electron chi connectivity index (χ3n) is 3.98. The molecule has 0 aliphatic heterocycles. The molecule has 1 saturated carbocycles. The summed E-state index contributed by atoms with van der Waals surface area (Å²) in [5.41, 5.74) is 3.27. The molecule has 94 valence electrons. The van der Waals surface area contributed by atoms with Gasteiger partial charge < -0.3 is 5.32 Å². The van der Waals surface area contributed by atoms with E-state index in [2.05, 4.69) is 57.3 Å². The van der Waals surface area contributed by atoms with Crippen LogP contribution in [0.15, 0.2) is 24.3 Å². The van der Waals surface area contributed by atoms with Crippen LogP contribution in [0.25, 0.3) is 0 Å². The normalized spacial score (nSPS) is 27.3. The fourth-order valence-electron chi connectivity index (χ4n) is 3.24. The summed E-state index contributed by atoms with van der Waals surface area (Å²) < 4.78 is 0. The number of aryl methyl sites for hydroxylation is 1. The van der Waals surface area contributed by atoms with Gasteiger partial charge in [0, 0.05) is 12.6 Å². The molecule has 2 rings (SSSR count). The molecule has 1 aliphatic carbocycles. The second-order valence-electron chi connectivity index (χ2n) is 6.53. The first-order valence-corrected chi connectivity index (χ1v) is 6.75. The molecule has 17 heavy (non-hydrogen) atoms. The van der Waals surface area contributed by atoms with Crippen molar-refractivity contribution in [3.05, 3.63) is 35.4 Å². The molecule has 1 nitrogen and oxygen atoms in total. The van der Waals surface area contributed by atoms with Crippen molar-refractivity contribution in [1.82, 2.24) is 5.32 Å². The lowest BCUT2D eigenvalue weighted by Gasteiger charge is -2.18. The first kappa shape index (κ1) is 12.6. The van der Waals surface area contributed by atoms with E-state index in [0.29, 0.717) is 11.5 Å². The van der Waals surface area contributed by atoms with Crippen LogP contribution in [0, 0.1) is 18.3 Å². The van der Waals surface area contributed by atoms with Crippen LogP contribution in [0.5, 0.6) is 0 Å². The summed E-state index contributed by atoms with van der Waals surface area (Å²) in [5.74, 6) is 0.801. The van der Waals surface area contributed by atoms with Gasteiger partial charge in [0.2, 0.25) is 0 Å². The molecule has 0 spiro atoms. The Hall–Kier alpha value is -0.820. The van der Waals surface area contributed by atoms with E-state index in [1.54, 1.807) is 0 Å². The summed E-state index contributed by atoms with van der Waals surface area (Å²) in [4.78, 5) is 0. The zero-order valence-electron chi connectivity index (χ0n) is 11.6. The molecule has 0 radical (unpaired) electrons. The zero-order chi connectivity index (χ0) is 12.5. The van der Waals surface area contributed by atoms with Crippen molar-refractivity contribution in [2.45, 2.75) is 53.1 Å². The standard InChI is InChI=1S/C16H25N/c1-12-6-5-7-14(8-12)11-17-15-10-16(3,4)9-13(15)2/h5-8,13,15,17H,9-11H2,1-4H3. The van der Waals surface area contributed by atoms with E-state index >= 15 is 0 Å². The summed E-state index contributed by atoms with van der Waals surface area (Å²) >= 11 is 0. The highest BCUT2D eigenvalue weighted by Crippen LogP contribution is 2.40. The van der Waals surface area contributed by atoms with Gasteiger partial charge in [0.25, 0.3) is 0 Å². The third-order valence-corrected chi connectivity index (χ3v) is 3.98. The molecule has 1 N–H and O–H groups in total. The van der Waals surface area contributed by atoms with Crippen molar-refractivity contribution >= 4 is 0 Å². The Balaban J connectivity index is 1.91. The lowest BCUT2D eigenvalue weighted by Crippen LogP contribution is -2.31. The predicted octanol–water partition coefficient (Wildman–Crippen LogP) is 3.91. The number of nitrogens with one attached hydrogen (secondary N) is 1. The van der Waals surface area contributed by atoms with E-state index < -0.39 is 0 Å². The number of rotatable bonds is 3. The Kier molecular flexibility index (Phi) is 3.58. The minimum atomic E-state index is 0.518. The fourth-order valence-corrected chi connectivity index (χ4v) is 3.24. The quantitative estimate of drug-likeness (QED) is 0.831. The van der Waals surface area contributed by atoms with Gasteiger partial charge in [0.1, 0.15) is 0 Å². The number of hydrogen-bond donors (Lipinski definition) is 1. The molecule has 0 saturated heterocycles. The second kappa shape index (κ2) is 4.81. The molecule has 1 aromatic carbocycles. The summed E-state index contributed by atoms with van der Waals surface area (Å²) in [5, 5.41) is 3.73. The Bertz CT molecular complexity index is 381. The van der Waals surface area contributed by atoms with Crippen LogP contribution >= 0.6 is 0 Å². The molecule has 1 aliphatic rings. The first-order chi connectivity index (χ1) is 7.96. The van der Waals surface area contributed by atoms with E-state index in [-0.39, 0.29) is 0 Å². The van der Waals surface area contributed by atoms with Crippen LogP contribution in [0.4, 0.5) is 0 Å². The first-order valence-electron chi connectivity index (χ1n) is 6.75. The minimum Gasteiger partial charge on any atom is -0.310 e. The van der Waals surface area contributed by atoms with Gasteiger partial charge in [-0.1, -0.05) is 50.6 Å². The molecule has 1 fully saturated rings. The van der Waals surface area contributed by atoms with Gasteiger partial charge in [-0.05, 0) is 36.7 Å². The molecule has 0 bridgehead atoms. The van der Waals surface area contributed by atoms with Crippen molar-refractivity contribution < 1.29 is 0 Å². The molecular formula is C16H25N. The topological polar surface area (TPSA) is 12.0 Å². The zero-order valence-corrected chi connectivity index (χ0v) is 11.6. The van der Waals surface area contributed by atoms with E-state index in [1.807, 2.05) is 0 Å².